The van der Waals surface area contributed by atoms with Crippen molar-refractivity contribution in [2.24, 2.45) is 0 Å². The van der Waals surface area contributed by atoms with Crippen LogP contribution in [0.2, 0.25) is 0 Å². The van der Waals surface area contributed by atoms with E-state index in [4.69, 9.17) is 0 Å². The Kier molecular flexibility index (Phi) is 3.06. The van der Waals surface area contributed by atoms with E-state index in [1.807, 2.05) is 24.3 Å². The van der Waals surface area contributed by atoms with Gasteiger partial charge in [0.25, 0.3) is 0 Å². The van der Waals surface area contributed by atoms with Crippen LogP contribution in [0.3, 0.4) is 0 Å². The molecule has 0 aliphatic rings. The smallest absolute Gasteiger partial charge is 0.140 e. The predicted molar refractivity (Wildman–Crippen MR) is 52.2 cm³/mol. The highest BCUT2D eigenvalue weighted by molar-refractivity contribution is 9.15. The second kappa shape index (κ2) is 3.86. The summed E-state index contributed by atoms with van der Waals surface area (Å²) >= 11 is 6.38. The maximum Gasteiger partial charge on any atom is 0.140 e. The molecule has 0 aromatic heterocycles. The van der Waals surface area contributed by atoms with E-state index in [9.17, 15) is 4.79 Å². The summed E-state index contributed by atoms with van der Waals surface area (Å²) in [6, 6.07) is 7.40. The summed E-state index contributed by atoms with van der Waals surface area (Å²) in [5, 5.41) is 0. The molecule has 0 spiro atoms. The molecule has 0 aliphatic heterocycles. The van der Waals surface area contributed by atoms with Crippen LogP contribution in [-0.2, 0) is 4.79 Å². The number of rotatable bonds is 1. The van der Waals surface area contributed by atoms with Crippen LogP contribution in [0.25, 0.3) is 4.48 Å². The van der Waals surface area contributed by atoms with Gasteiger partial charge in [-0.3, -0.25) is 0 Å². The van der Waals surface area contributed by atoms with Crippen LogP contribution in [0.5, 0.6) is 0 Å². The second-order valence-electron chi connectivity index (χ2n) is 1.92. The summed E-state index contributed by atoms with van der Waals surface area (Å²) in [4.78, 5) is 10.2. The summed E-state index contributed by atoms with van der Waals surface area (Å²) in [6.45, 7) is 0. The van der Waals surface area contributed by atoms with Gasteiger partial charge in [-0.15, -0.1) is 0 Å². The lowest BCUT2D eigenvalue weighted by Gasteiger charge is -1.93. The minimum absolute atomic E-state index is 0.449. The van der Waals surface area contributed by atoms with Gasteiger partial charge in [0, 0.05) is 4.47 Å². The molecule has 0 bridgehead atoms. The Morgan fingerprint density at radius 3 is 2.27 bits per heavy atom. The van der Waals surface area contributed by atoms with Crippen LogP contribution >= 0.6 is 31.9 Å². The maximum absolute atomic E-state index is 10.2. The number of carbonyl (C=O) groups excluding carboxylic acids is 1. The lowest BCUT2D eigenvalue weighted by Crippen LogP contribution is -1.75. The molecule has 0 amide bonds. The molecule has 0 unspecified atom stereocenters. The van der Waals surface area contributed by atoms with Gasteiger partial charge in [-0.1, -0.05) is 28.1 Å². The van der Waals surface area contributed by atoms with E-state index in [1.54, 1.807) is 5.94 Å². The molecule has 0 radical (unpaired) electrons. The fraction of sp³-hybridized carbons (Fsp3) is 0. The summed E-state index contributed by atoms with van der Waals surface area (Å²) < 4.78 is 1.44. The van der Waals surface area contributed by atoms with E-state index >= 15 is 0 Å². The van der Waals surface area contributed by atoms with Crippen LogP contribution in [-0.4, -0.2) is 5.94 Å². The first-order valence-electron chi connectivity index (χ1n) is 2.90. The van der Waals surface area contributed by atoms with Gasteiger partial charge in [-0.05, 0) is 33.6 Å². The second-order valence-corrected chi connectivity index (χ2v) is 3.63. The standard InChI is InChI=1S/C8H4Br2O/c9-7-3-1-6(2-4-7)8(10)5-11/h1-4H. The molecule has 1 rings (SSSR count). The van der Waals surface area contributed by atoms with E-state index < -0.39 is 0 Å². The van der Waals surface area contributed by atoms with Crippen molar-refractivity contribution in [1.29, 1.82) is 0 Å². The monoisotopic (exact) mass is 274 g/mol. The number of benzene rings is 1. The molecule has 0 atom stereocenters. The molecule has 1 aromatic carbocycles. The van der Waals surface area contributed by atoms with E-state index in [-0.39, 0.29) is 0 Å². The lowest BCUT2D eigenvalue weighted by molar-refractivity contribution is 0.570. The fourth-order valence-corrected chi connectivity index (χ4v) is 1.18. The van der Waals surface area contributed by atoms with Crippen LogP contribution < -0.4 is 0 Å². The van der Waals surface area contributed by atoms with Crippen LogP contribution in [0.1, 0.15) is 5.56 Å². The fourth-order valence-electron chi connectivity index (χ4n) is 0.655. The Labute approximate surface area is 81.4 Å². The highest BCUT2D eigenvalue weighted by Crippen LogP contribution is 2.19. The molecule has 1 nitrogen and oxygen atoms in total. The Morgan fingerprint density at radius 2 is 1.82 bits per heavy atom. The Hall–Kier alpha value is -0.370. The zero-order valence-corrected chi connectivity index (χ0v) is 8.65. The average molecular weight is 276 g/mol. The zero-order valence-electron chi connectivity index (χ0n) is 5.47. The van der Waals surface area contributed by atoms with Crippen molar-refractivity contribution in [3.05, 3.63) is 34.3 Å². The molecular formula is C8H4Br2O. The van der Waals surface area contributed by atoms with Gasteiger partial charge in [0.05, 0.1) is 0 Å². The highest BCUT2D eigenvalue weighted by atomic mass is 79.9. The lowest BCUT2D eigenvalue weighted by atomic mass is 10.2. The van der Waals surface area contributed by atoms with Gasteiger partial charge in [0.1, 0.15) is 10.4 Å². The van der Waals surface area contributed by atoms with Gasteiger partial charge in [-0.25, -0.2) is 4.79 Å². The third-order valence-electron chi connectivity index (χ3n) is 1.19. The number of halogens is 2. The van der Waals surface area contributed by atoms with Gasteiger partial charge in [0.15, 0.2) is 0 Å². The molecule has 3 heteroatoms. The van der Waals surface area contributed by atoms with Gasteiger partial charge < -0.3 is 0 Å². The van der Waals surface area contributed by atoms with Crippen molar-refractivity contribution in [2.75, 3.05) is 0 Å². The van der Waals surface area contributed by atoms with E-state index in [1.165, 1.54) is 0 Å². The number of hydrogen-bond donors (Lipinski definition) is 0. The topological polar surface area (TPSA) is 17.1 Å². The molecule has 0 N–H and O–H groups in total. The molecule has 0 saturated carbocycles. The van der Waals surface area contributed by atoms with E-state index in [0.29, 0.717) is 4.48 Å². The Bertz CT molecular complexity index is 296. The minimum atomic E-state index is 0.449. The summed E-state index contributed by atoms with van der Waals surface area (Å²) in [5.74, 6) is 1.77. The Morgan fingerprint density at radius 1 is 1.27 bits per heavy atom. The zero-order chi connectivity index (χ0) is 8.27. The SMILES string of the molecule is O=C=C(Br)c1ccc(Br)cc1. The summed E-state index contributed by atoms with van der Waals surface area (Å²) in [6.07, 6.45) is 0. The first-order valence-corrected chi connectivity index (χ1v) is 4.49. The molecule has 0 fully saturated rings. The maximum atomic E-state index is 10.2. The van der Waals surface area contributed by atoms with Crippen molar-refractivity contribution < 1.29 is 4.79 Å². The largest absolute Gasteiger partial charge is 0.232 e. The van der Waals surface area contributed by atoms with Crippen molar-refractivity contribution in [2.45, 2.75) is 0 Å². The quantitative estimate of drug-likeness (QED) is 0.720. The van der Waals surface area contributed by atoms with Gasteiger partial charge in [-0.2, -0.15) is 0 Å². The van der Waals surface area contributed by atoms with Crippen LogP contribution in [0, 0.1) is 0 Å². The van der Waals surface area contributed by atoms with E-state index in [0.717, 1.165) is 10.0 Å². The van der Waals surface area contributed by atoms with Crippen molar-refractivity contribution in [3.63, 3.8) is 0 Å². The molecule has 0 heterocycles. The van der Waals surface area contributed by atoms with E-state index in [2.05, 4.69) is 31.9 Å². The van der Waals surface area contributed by atoms with Crippen molar-refractivity contribution in [3.8, 4) is 0 Å². The first kappa shape index (κ1) is 8.72. The van der Waals surface area contributed by atoms with Crippen molar-refractivity contribution >= 4 is 42.3 Å². The number of hydrogen-bond acceptors (Lipinski definition) is 1. The molecule has 56 valence electrons. The van der Waals surface area contributed by atoms with Crippen molar-refractivity contribution in [1.82, 2.24) is 0 Å². The van der Waals surface area contributed by atoms with Crippen LogP contribution in [0.4, 0.5) is 0 Å². The first-order chi connectivity index (χ1) is 5.24. The van der Waals surface area contributed by atoms with Crippen LogP contribution in [0.15, 0.2) is 28.7 Å². The molecular weight excluding hydrogens is 272 g/mol. The highest BCUT2D eigenvalue weighted by Gasteiger charge is 1.96. The van der Waals surface area contributed by atoms with Gasteiger partial charge >= 0.3 is 0 Å². The molecule has 0 aliphatic carbocycles. The molecule has 11 heavy (non-hydrogen) atoms. The van der Waals surface area contributed by atoms with Gasteiger partial charge in [0.2, 0.25) is 0 Å². The third kappa shape index (κ3) is 2.29. The Balaban J connectivity index is 3.08. The summed E-state index contributed by atoms with van der Waals surface area (Å²) in [7, 11) is 0. The molecule has 0 saturated heterocycles. The average Bonchev–Trinajstić information content (AvgIpc) is 2.05. The molecule has 1 aromatic rings. The third-order valence-corrected chi connectivity index (χ3v) is 2.34. The summed E-state index contributed by atoms with van der Waals surface area (Å²) in [5.41, 5.74) is 0.836. The minimum Gasteiger partial charge on any atom is -0.232 e. The predicted octanol–water partition coefficient (Wildman–Crippen LogP) is 3.02. The normalized spacial score (nSPS) is 8.91.